The summed E-state index contributed by atoms with van der Waals surface area (Å²) in [6.07, 6.45) is -4.53. The van der Waals surface area contributed by atoms with Crippen LogP contribution in [0.3, 0.4) is 0 Å². The molecule has 0 fully saturated rings. The van der Waals surface area contributed by atoms with Gasteiger partial charge in [0, 0.05) is 16.6 Å². The highest BCUT2D eigenvalue weighted by atomic mass is 35.5. The van der Waals surface area contributed by atoms with E-state index in [-0.39, 0.29) is 11.1 Å². The van der Waals surface area contributed by atoms with Crippen LogP contribution in [0.5, 0.6) is 0 Å². The minimum absolute atomic E-state index is 0.144. The van der Waals surface area contributed by atoms with Gasteiger partial charge in [-0.3, -0.25) is 14.5 Å². The Bertz CT molecular complexity index is 1040. The van der Waals surface area contributed by atoms with Gasteiger partial charge in [0.05, 0.1) is 17.2 Å². The molecule has 0 aliphatic carbocycles. The second-order valence-electron chi connectivity index (χ2n) is 7.41. The van der Waals surface area contributed by atoms with Gasteiger partial charge in [-0.15, -0.1) is 0 Å². The molecular formula is C22H19ClF3NO3. The zero-order valence-electron chi connectivity index (χ0n) is 16.4. The number of aryl methyl sites for hydroxylation is 1. The minimum Gasteiger partial charge on any atom is -0.503 e. The average Bonchev–Trinajstić information content (AvgIpc) is 2.93. The van der Waals surface area contributed by atoms with Crippen molar-refractivity contribution in [2.75, 3.05) is 4.90 Å². The number of hydrogen-bond acceptors (Lipinski definition) is 3. The van der Waals surface area contributed by atoms with E-state index in [1.165, 1.54) is 23.1 Å². The van der Waals surface area contributed by atoms with E-state index in [0.717, 1.165) is 12.1 Å². The van der Waals surface area contributed by atoms with Gasteiger partial charge < -0.3 is 5.11 Å². The first kappa shape index (κ1) is 21.9. The monoisotopic (exact) mass is 437 g/mol. The summed E-state index contributed by atoms with van der Waals surface area (Å²) in [5.41, 5.74) is 0.273. The zero-order valence-corrected chi connectivity index (χ0v) is 17.2. The van der Waals surface area contributed by atoms with Crippen LogP contribution in [0.25, 0.3) is 0 Å². The van der Waals surface area contributed by atoms with Crippen molar-refractivity contribution in [3.05, 3.63) is 75.5 Å². The third-order valence-electron chi connectivity index (χ3n) is 4.98. The fraction of sp³-hybridized carbons (Fsp3) is 0.273. The minimum atomic E-state index is -4.53. The highest BCUT2D eigenvalue weighted by molar-refractivity contribution is 6.31. The molecule has 8 heteroatoms. The first-order chi connectivity index (χ1) is 13.9. The number of benzene rings is 2. The first-order valence-electron chi connectivity index (χ1n) is 9.17. The Labute approximate surface area is 176 Å². The number of aliphatic hydroxyl groups is 1. The molecule has 2 aromatic carbocycles. The van der Waals surface area contributed by atoms with Crippen LogP contribution in [0.4, 0.5) is 18.9 Å². The molecule has 1 unspecified atom stereocenters. The Morgan fingerprint density at radius 2 is 1.73 bits per heavy atom. The number of rotatable bonds is 4. The maximum Gasteiger partial charge on any atom is 0.416 e. The number of anilines is 1. The van der Waals surface area contributed by atoms with Gasteiger partial charge in [0.1, 0.15) is 0 Å². The van der Waals surface area contributed by atoms with E-state index in [9.17, 15) is 27.9 Å². The number of hydrogen-bond donors (Lipinski definition) is 1. The van der Waals surface area contributed by atoms with E-state index < -0.39 is 41.1 Å². The number of aliphatic hydroxyl groups excluding tert-OH is 1. The lowest BCUT2D eigenvalue weighted by Gasteiger charge is -2.29. The summed E-state index contributed by atoms with van der Waals surface area (Å²) in [6.45, 7) is 4.95. The molecule has 4 nitrogen and oxygen atoms in total. The largest absolute Gasteiger partial charge is 0.503 e. The molecule has 1 amide bonds. The summed E-state index contributed by atoms with van der Waals surface area (Å²) in [4.78, 5) is 27.0. The second kappa shape index (κ2) is 7.80. The first-order valence-corrected chi connectivity index (χ1v) is 9.55. The van der Waals surface area contributed by atoms with Gasteiger partial charge in [0.15, 0.2) is 11.5 Å². The zero-order chi connectivity index (χ0) is 22.4. The topological polar surface area (TPSA) is 57.6 Å². The lowest BCUT2D eigenvalue weighted by molar-refractivity contribution is -0.137. The molecule has 158 valence electrons. The van der Waals surface area contributed by atoms with Crippen molar-refractivity contribution in [3.8, 4) is 0 Å². The standard InChI is InChI=1S/C22H19ClF3NO3/c1-11(2)19(28)17-18(13-5-7-14(8-6-13)22(24,25)26)27(21(30)20(17)29)16-10-15(23)9-4-12(16)3/h4-11,18,29H,1-3H3. The fourth-order valence-electron chi connectivity index (χ4n) is 3.43. The van der Waals surface area contributed by atoms with E-state index in [0.29, 0.717) is 16.3 Å². The van der Waals surface area contributed by atoms with Crippen LogP contribution in [0.2, 0.25) is 5.02 Å². The van der Waals surface area contributed by atoms with Crippen molar-refractivity contribution in [2.45, 2.75) is 33.0 Å². The number of carbonyl (C=O) groups is 2. The highest BCUT2D eigenvalue weighted by Crippen LogP contribution is 2.44. The second-order valence-corrected chi connectivity index (χ2v) is 7.85. The van der Waals surface area contributed by atoms with Crippen LogP contribution >= 0.6 is 11.6 Å². The summed E-state index contributed by atoms with van der Waals surface area (Å²) >= 11 is 6.09. The quantitative estimate of drug-likeness (QED) is 0.658. The van der Waals surface area contributed by atoms with Gasteiger partial charge in [-0.1, -0.05) is 43.6 Å². The van der Waals surface area contributed by atoms with Crippen molar-refractivity contribution in [1.29, 1.82) is 0 Å². The predicted molar refractivity (Wildman–Crippen MR) is 107 cm³/mol. The molecule has 30 heavy (non-hydrogen) atoms. The van der Waals surface area contributed by atoms with Crippen molar-refractivity contribution in [3.63, 3.8) is 0 Å². The number of halogens is 4. The summed E-state index contributed by atoms with van der Waals surface area (Å²) in [7, 11) is 0. The molecule has 1 aliphatic rings. The molecular weight excluding hydrogens is 419 g/mol. The van der Waals surface area contributed by atoms with Gasteiger partial charge in [0.25, 0.3) is 5.91 Å². The van der Waals surface area contributed by atoms with Gasteiger partial charge >= 0.3 is 6.18 Å². The lowest BCUT2D eigenvalue weighted by Crippen LogP contribution is -2.32. The van der Waals surface area contributed by atoms with Crippen molar-refractivity contribution in [1.82, 2.24) is 0 Å². The van der Waals surface area contributed by atoms with E-state index in [4.69, 9.17) is 11.6 Å². The number of nitrogens with zero attached hydrogens (tertiary/aromatic N) is 1. The average molecular weight is 438 g/mol. The molecule has 3 rings (SSSR count). The van der Waals surface area contributed by atoms with E-state index in [1.54, 1.807) is 32.9 Å². The van der Waals surface area contributed by atoms with Crippen LogP contribution < -0.4 is 4.90 Å². The Balaban J connectivity index is 2.21. The molecule has 0 saturated carbocycles. The maximum atomic E-state index is 13.0. The molecule has 2 aromatic rings. The number of ketones is 1. The van der Waals surface area contributed by atoms with Crippen LogP contribution in [-0.4, -0.2) is 16.8 Å². The van der Waals surface area contributed by atoms with E-state index in [2.05, 4.69) is 0 Å². The highest BCUT2D eigenvalue weighted by Gasteiger charge is 2.45. The van der Waals surface area contributed by atoms with Gasteiger partial charge in [-0.2, -0.15) is 13.2 Å². The number of amides is 1. The summed E-state index contributed by atoms with van der Waals surface area (Å²) in [5, 5.41) is 10.9. The Morgan fingerprint density at radius 1 is 1.13 bits per heavy atom. The van der Waals surface area contributed by atoms with Crippen molar-refractivity contribution >= 4 is 29.0 Å². The maximum absolute atomic E-state index is 13.0. The third-order valence-corrected chi connectivity index (χ3v) is 5.22. The van der Waals surface area contributed by atoms with Crippen molar-refractivity contribution in [2.24, 2.45) is 5.92 Å². The molecule has 1 atom stereocenters. The van der Waals surface area contributed by atoms with E-state index in [1.807, 2.05) is 0 Å². The number of alkyl halides is 3. The molecule has 1 N–H and O–H groups in total. The molecule has 0 spiro atoms. The van der Waals surface area contributed by atoms with Gasteiger partial charge in [-0.05, 0) is 42.3 Å². The molecule has 0 aromatic heterocycles. The van der Waals surface area contributed by atoms with Gasteiger partial charge in [-0.25, -0.2) is 0 Å². The smallest absolute Gasteiger partial charge is 0.416 e. The predicted octanol–water partition coefficient (Wildman–Crippen LogP) is 5.79. The SMILES string of the molecule is Cc1ccc(Cl)cc1N1C(=O)C(O)=C(C(=O)C(C)C)C1c1ccc(C(F)(F)F)cc1. The normalized spacial score (nSPS) is 17.3. The van der Waals surface area contributed by atoms with Crippen LogP contribution in [0.15, 0.2) is 53.8 Å². The van der Waals surface area contributed by atoms with E-state index >= 15 is 0 Å². The lowest BCUT2D eigenvalue weighted by atomic mass is 9.90. The molecule has 0 radical (unpaired) electrons. The summed E-state index contributed by atoms with van der Waals surface area (Å²) in [5.74, 6) is -2.52. The fourth-order valence-corrected chi connectivity index (χ4v) is 3.59. The molecule has 0 saturated heterocycles. The number of Topliss-reactive ketones (excluding diaryl/α,β-unsaturated/α-hetero) is 1. The molecule has 1 aliphatic heterocycles. The number of carbonyl (C=O) groups excluding carboxylic acids is 2. The molecule has 0 bridgehead atoms. The van der Waals surface area contributed by atoms with Gasteiger partial charge in [0.2, 0.25) is 0 Å². The molecule has 1 heterocycles. The summed E-state index contributed by atoms with van der Waals surface area (Å²) < 4.78 is 39.0. The summed E-state index contributed by atoms with van der Waals surface area (Å²) in [6, 6.07) is 7.93. The Hall–Kier alpha value is -2.80. The van der Waals surface area contributed by atoms with Crippen LogP contribution in [-0.2, 0) is 15.8 Å². The Kier molecular flexibility index (Phi) is 5.69. The van der Waals surface area contributed by atoms with Crippen LogP contribution in [0, 0.1) is 12.8 Å². The Morgan fingerprint density at radius 3 is 2.27 bits per heavy atom. The van der Waals surface area contributed by atoms with Crippen molar-refractivity contribution < 1.29 is 27.9 Å². The third kappa shape index (κ3) is 3.81. The van der Waals surface area contributed by atoms with Crippen LogP contribution in [0.1, 0.15) is 36.6 Å².